The molecule has 0 saturated heterocycles. The zero-order valence-corrected chi connectivity index (χ0v) is 13.6. The van der Waals surface area contributed by atoms with Crippen molar-refractivity contribution in [2.24, 2.45) is 5.92 Å². The standard InChI is InChI=1S/C16H17N3O2S/c1-10-9-19(16(21)14-8-17-11(2)22-14)13-7-5-4-6-12(13)18(3)15(10)20/h4-8,10H,9H2,1-3H3/t10-/m1/s1. The molecule has 0 fully saturated rings. The molecule has 1 aliphatic heterocycles. The van der Waals surface area contributed by atoms with Crippen molar-refractivity contribution < 1.29 is 9.59 Å². The Morgan fingerprint density at radius 2 is 2.00 bits per heavy atom. The van der Waals surface area contributed by atoms with Crippen molar-refractivity contribution in [2.45, 2.75) is 13.8 Å². The lowest BCUT2D eigenvalue weighted by Crippen LogP contribution is -2.36. The summed E-state index contributed by atoms with van der Waals surface area (Å²) in [6.45, 7) is 4.09. The van der Waals surface area contributed by atoms with Crippen LogP contribution in [-0.4, -0.2) is 30.4 Å². The highest BCUT2D eigenvalue weighted by Gasteiger charge is 2.32. The molecule has 2 amide bonds. The number of amides is 2. The first kappa shape index (κ1) is 14.7. The number of aromatic nitrogens is 1. The third-order valence-corrected chi connectivity index (χ3v) is 4.72. The van der Waals surface area contributed by atoms with Crippen LogP contribution in [0.1, 0.15) is 21.6 Å². The first-order valence-electron chi connectivity index (χ1n) is 7.10. The molecule has 1 aromatic carbocycles. The summed E-state index contributed by atoms with van der Waals surface area (Å²) in [6.07, 6.45) is 1.60. The maximum Gasteiger partial charge on any atom is 0.270 e. The fourth-order valence-electron chi connectivity index (χ4n) is 2.66. The van der Waals surface area contributed by atoms with Crippen LogP contribution < -0.4 is 9.80 Å². The summed E-state index contributed by atoms with van der Waals surface area (Å²) >= 11 is 1.37. The number of aryl methyl sites for hydroxylation is 1. The lowest BCUT2D eigenvalue weighted by molar-refractivity contribution is -0.121. The van der Waals surface area contributed by atoms with E-state index in [1.807, 2.05) is 38.1 Å². The van der Waals surface area contributed by atoms with Gasteiger partial charge in [-0.05, 0) is 19.1 Å². The number of para-hydroxylation sites is 2. The summed E-state index contributed by atoms with van der Waals surface area (Å²) in [6, 6.07) is 7.50. The zero-order valence-electron chi connectivity index (χ0n) is 12.7. The highest BCUT2D eigenvalue weighted by atomic mass is 32.1. The van der Waals surface area contributed by atoms with Crippen LogP contribution >= 0.6 is 11.3 Å². The van der Waals surface area contributed by atoms with Crippen LogP contribution in [0.25, 0.3) is 0 Å². The van der Waals surface area contributed by atoms with Crippen LogP contribution in [0.4, 0.5) is 11.4 Å². The summed E-state index contributed by atoms with van der Waals surface area (Å²) in [5.74, 6) is -0.341. The Bertz CT molecular complexity index is 740. The monoisotopic (exact) mass is 315 g/mol. The predicted octanol–water partition coefficient (Wildman–Crippen LogP) is 2.71. The summed E-state index contributed by atoms with van der Waals surface area (Å²) in [5, 5.41) is 0.854. The maximum atomic E-state index is 12.9. The Labute approximate surface area is 133 Å². The van der Waals surface area contributed by atoms with E-state index in [0.29, 0.717) is 11.4 Å². The minimum atomic E-state index is -0.254. The Hall–Kier alpha value is -2.21. The lowest BCUT2D eigenvalue weighted by Gasteiger charge is -2.23. The normalized spacial score (nSPS) is 18.1. The van der Waals surface area contributed by atoms with Crippen LogP contribution in [0.3, 0.4) is 0 Å². The van der Waals surface area contributed by atoms with E-state index in [4.69, 9.17) is 0 Å². The molecule has 1 aliphatic rings. The molecule has 0 N–H and O–H groups in total. The molecule has 0 aliphatic carbocycles. The summed E-state index contributed by atoms with van der Waals surface area (Å²) in [5.41, 5.74) is 1.52. The molecule has 22 heavy (non-hydrogen) atoms. The Kier molecular flexibility index (Phi) is 3.70. The van der Waals surface area contributed by atoms with Gasteiger partial charge >= 0.3 is 0 Å². The van der Waals surface area contributed by atoms with E-state index >= 15 is 0 Å². The number of hydrogen-bond donors (Lipinski definition) is 0. The number of carbonyl (C=O) groups excluding carboxylic acids is 2. The molecule has 0 radical (unpaired) electrons. The van der Waals surface area contributed by atoms with Gasteiger partial charge in [0.1, 0.15) is 4.88 Å². The summed E-state index contributed by atoms with van der Waals surface area (Å²) in [7, 11) is 1.75. The van der Waals surface area contributed by atoms with Gasteiger partial charge < -0.3 is 9.80 Å². The molecule has 114 valence electrons. The van der Waals surface area contributed by atoms with Gasteiger partial charge in [0.15, 0.2) is 0 Å². The van der Waals surface area contributed by atoms with Crippen LogP contribution in [0.2, 0.25) is 0 Å². The average molecular weight is 315 g/mol. The van der Waals surface area contributed by atoms with E-state index in [0.717, 1.165) is 16.4 Å². The number of fused-ring (bicyclic) bond motifs is 1. The molecular formula is C16H17N3O2S. The number of carbonyl (C=O) groups is 2. The van der Waals surface area contributed by atoms with Crippen molar-refractivity contribution in [3.8, 4) is 0 Å². The fourth-order valence-corrected chi connectivity index (χ4v) is 3.39. The van der Waals surface area contributed by atoms with E-state index < -0.39 is 0 Å². The first-order valence-corrected chi connectivity index (χ1v) is 7.91. The Morgan fingerprint density at radius 3 is 2.64 bits per heavy atom. The quantitative estimate of drug-likeness (QED) is 0.813. The Balaban J connectivity index is 2.08. The topological polar surface area (TPSA) is 53.5 Å². The van der Waals surface area contributed by atoms with Crippen LogP contribution in [0.15, 0.2) is 30.5 Å². The van der Waals surface area contributed by atoms with E-state index in [-0.39, 0.29) is 17.7 Å². The predicted molar refractivity (Wildman–Crippen MR) is 87.5 cm³/mol. The minimum absolute atomic E-state index is 0.0169. The molecule has 2 aromatic rings. The summed E-state index contributed by atoms with van der Waals surface area (Å²) in [4.78, 5) is 33.3. The summed E-state index contributed by atoms with van der Waals surface area (Å²) < 4.78 is 0. The van der Waals surface area contributed by atoms with Crippen molar-refractivity contribution in [3.63, 3.8) is 0 Å². The van der Waals surface area contributed by atoms with Gasteiger partial charge in [-0.15, -0.1) is 11.3 Å². The van der Waals surface area contributed by atoms with E-state index in [9.17, 15) is 9.59 Å². The highest BCUT2D eigenvalue weighted by molar-refractivity contribution is 7.13. The lowest BCUT2D eigenvalue weighted by atomic mass is 10.1. The molecule has 0 saturated carbocycles. The smallest absolute Gasteiger partial charge is 0.270 e. The third kappa shape index (κ3) is 2.39. The average Bonchev–Trinajstić information content (AvgIpc) is 2.93. The van der Waals surface area contributed by atoms with Crippen molar-refractivity contribution in [3.05, 3.63) is 40.3 Å². The molecule has 1 atom stereocenters. The molecule has 1 aromatic heterocycles. The number of hydrogen-bond acceptors (Lipinski definition) is 4. The van der Waals surface area contributed by atoms with Gasteiger partial charge in [-0.2, -0.15) is 0 Å². The largest absolute Gasteiger partial charge is 0.313 e. The van der Waals surface area contributed by atoms with E-state index in [2.05, 4.69) is 4.98 Å². The molecule has 0 bridgehead atoms. The first-order chi connectivity index (χ1) is 10.5. The molecule has 0 spiro atoms. The van der Waals surface area contributed by atoms with Gasteiger partial charge in [-0.1, -0.05) is 19.1 Å². The van der Waals surface area contributed by atoms with Crippen LogP contribution in [-0.2, 0) is 4.79 Å². The van der Waals surface area contributed by atoms with Crippen molar-refractivity contribution in [2.75, 3.05) is 23.4 Å². The fraction of sp³-hybridized carbons (Fsp3) is 0.312. The van der Waals surface area contributed by atoms with Gasteiger partial charge in [0.25, 0.3) is 5.91 Å². The van der Waals surface area contributed by atoms with Gasteiger partial charge in [0.05, 0.1) is 28.5 Å². The Morgan fingerprint density at radius 1 is 1.32 bits per heavy atom. The SMILES string of the molecule is Cc1ncc(C(=O)N2C[C@@H](C)C(=O)N(C)c3ccccc32)s1. The second kappa shape index (κ2) is 5.53. The number of nitrogens with zero attached hydrogens (tertiary/aromatic N) is 3. The van der Waals surface area contributed by atoms with Crippen molar-refractivity contribution in [1.82, 2.24) is 4.98 Å². The number of rotatable bonds is 1. The van der Waals surface area contributed by atoms with Crippen LogP contribution in [0.5, 0.6) is 0 Å². The second-order valence-corrected chi connectivity index (χ2v) is 6.68. The van der Waals surface area contributed by atoms with Crippen molar-refractivity contribution in [1.29, 1.82) is 0 Å². The maximum absolute atomic E-state index is 12.9. The molecule has 3 rings (SSSR count). The molecule has 0 unspecified atom stereocenters. The number of anilines is 2. The zero-order chi connectivity index (χ0) is 15.9. The van der Waals surface area contributed by atoms with E-state index in [1.165, 1.54) is 11.3 Å². The minimum Gasteiger partial charge on any atom is -0.313 e. The molecule has 2 heterocycles. The van der Waals surface area contributed by atoms with Gasteiger partial charge in [0, 0.05) is 13.6 Å². The van der Waals surface area contributed by atoms with Crippen molar-refractivity contribution >= 4 is 34.5 Å². The molecule has 5 nitrogen and oxygen atoms in total. The molecule has 6 heteroatoms. The third-order valence-electron chi connectivity index (χ3n) is 3.82. The molecular weight excluding hydrogens is 298 g/mol. The van der Waals surface area contributed by atoms with Crippen LogP contribution in [0, 0.1) is 12.8 Å². The van der Waals surface area contributed by atoms with E-state index in [1.54, 1.807) is 23.0 Å². The van der Waals surface area contributed by atoms with Gasteiger partial charge in [-0.3, -0.25) is 9.59 Å². The van der Waals surface area contributed by atoms with Gasteiger partial charge in [0.2, 0.25) is 5.91 Å². The number of benzene rings is 1. The van der Waals surface area contributed by atoms with Gasteiger partial charge in [-0.25, -0.2) is 4.98 Å². The number of thiazole rings is 1. The second-order valence-electron chi connectivity index (χ2n) is 5.45. The highest BCUT2D eigenvalue weighted by Crippen LogP contribution is 2.34.